The van der Waals surface area contributed by atoms with Crippen molar-refractivity contribution in [3.63, 3.8) is 0 Å². The summed E-state index contributed by atoms with van der Waals surface area (Å²) in [4.78, 5) is 9.61. The summed E-state index contributed by atoms with van der Waals surface area (Å²) in [6.45, 7) is 1.87. The molecular formula is C3H7N2O+. The number of nitrogens with zero attached hydrogens (tertiary/aromatic N) is 2. The Morgan fingerprint density at radius 3 is 2.17 bits per heavy atom. The number of quaternary nitrogens is 1. The second kappa shape index (κ2) is 0.789. The molecule has 0 unspecified atom stereocenters. The van der Waals surface area contributed by atoms with Crippen LogP contribution in [0.4, 0.5) is 0 Å². The molecule has 0 aromatic carbocycles. The average molecular weight is 87.1 g/mol. The van der Waals surface area contributed by atoms with Crippen LogP contribution in [0.25, 0.3) is 0 Å². The van der Waals surface area contributed by atoms with Crippen LogP contribution in [0, 0.1) is 4.91 Å². The maximum absolute atomic E-state index is 9.61. The molecule has 34 valence electrons. The van der Waals surface area contributed by atoms with Crippen molar-refractivity contribution in [3.8, 4) is 0 Å². The predicted molar refractivity (Wildman–Crippen MR) is 21.7 cm³/mol. The third kappa shape index (κ3) is 0.408. The molecule has 0 aromatic rings. The van der Waals surface area contributed by atoms with E-state index < -0.39 is 0 Å². The van der Waals surface area contributed by atoms with Gasteiger partial charge in [-0.05, 0) is 0 Å². The van der Waals surface area contributed by atoms with Gasteiger partial charge in [0.2, 0.25) is 0 Å². The summed E-state index contributed by atoms with van der Waals surface area (Å²) in [6.07, 6.45) is 0. The molecule has 3 heteroatoms. The minimum atomic E-state index is 0.389. The summed E-state index contributed by atoms with van der Waals surface area (Å²) in [7, 11) is 1.81. The SMILES string of the molecule is C[N+]1(N=O)CC1. The Hall–Kier alpha value is -0.440. The number of hydrogen-bond donors (Lipinski definition) is 0. The van der Waals surface area contributed by atoms with E-state index in [1.165, 1.54) is 0 Å². The number of likely N-dealkylation sites (N-methyl/N-ethyl adjacent to an activating group) is 1. The maximum Gasteiger partial charge on any atom is 0.158 e. The minimum Gasteiger partial charge on any atom is -0.153 e. The lowest BCUT2D eigenvalue weighted by molar-refractivity contribution is -0.785. The van der Waals surface area contributed by atoms with Crippen LogP contribution in [0.1, 0.15) is 0 Å². The second-order valence-electron chi connectivity index (χ2n) is 1.87. The van der Waals surface area contributed by atoms with Gasteiger partial charge in [0.25, 0.3) is 0 Å². The van der Waals surface area contributed by atoms with Gasteiger partial charge in [-0.1, -0.05) is 4.91 Å². The van der Waals surface area contributed by atoms with Crippen molar-refractivity contribution < 1.29 is 4.59 Å². The van der Waals surface area contributed by atoms with E-state index in [9.17, 15) is 4.91 Å². The van der Waals surface area contributed by atoms with Crippen LogP contribution in [-0.2, 0) is 0 Å². The Kier molecular flexibility index (Phi) is 0.492. The van der Waals surface area contributed by atoms with Crippen LogP contribution >= 0.6 is 0 Å². The fourth-order valence-corrected chi connectivity index (χ4v) is 0.226. The van der Waals surface area contributed by atoms with E-state index in [1.54, 1.807) is 0 Å². The number of hydrogen-bond acceptors (Lipinski definition) is 2. The lowest BCUT2D eigenvalue weighted by Crippen LogP contribution is -2.07. The maximum atomic E-state index is 9.61. The molecule has 0 N–H and O–H groups in total. The third-order valence-corrected chi connectivity index (χ3v) is 1.07. The van der Waals surface area contributed by atoms with Crippen LogP contribution in [0.15, 0.2) is 5.29 Å². The van der Waals surface area contributed by atoms with Gasteiger partial charge in [-0.15, -0.1) is 0 Å². The third-order valence-electron chi connectivity index (χ3n) is 1.07. The lowest BCUT2D eigenvalue weighted by Gasteiger charge is -1.88. The minimum absolute atomic E-state index is 0.389. The van der Waals surface area contributed by atoms with E-state index in [0.29, 0.717) is 4.59 Å². The van der Waals surface area contributed by atoms with Crippen molar-refractivity contribution in [1.29, 1.82) is 0 Å². The highest BCUT2D eigenvalue weighted by molar-refractivity contribution is 4.44. The van der Waals surface area contributed by atoms with Gasteiger partial charge in [0.05, 0.1) is 7.05 Å². The van der Waals surface area contributed by atoms with E-state index in [4.69, 9.17) is 0 Å². The van der Waals surface area contributed by atoms with Crippen LogP contribution < -0.4 is 0 Å². The molecule has 0 aromatic heterocycles. The van der Waals surface area contributed by atoms with E-state index in [-0.39, 0.29) is 0 Å². The first-order valence-corrected chi connectivity index (χ1v) is 1.96. The van der Waals surface area contributed by atoms with Gasteiger partial charge in [0.1, 0.15) is 0 Å². The topological polar surface area (TPSA) is 29.4 Å². The molecular weight excluding hydrogens is 80.0 g/mol. The van der Waals surface area contributed by atoms with E-state index in [0.717, 1.165) is 13.1 Å². The molecule has 6 heavy (non-hydrogen) atoms. The largest absolute Gasteiger partial charge is 0.158 e. The first kappa shape index (κ1) is 3.74. The van der Waals surface area contributed by atoms with Gasteiger partial charge >= 0.3 is 0 Å². The first-order chi connectivity index (χ1) is 2.77. The van der Waals surface area contributed by atoms with Crippen LogP contribution in [0.5, 0.6) is 0 Å². The molecule has 1 fully saturated rings. The van der Waals surface area contributed by atoms with Crippen LogP contribution in [0.2, 0.25) is 0 Å². The summed E-state index contributed by atoms with van der Waals surface area (Å²) in [5.74, 6) is 0. The van der Waals surface area contributed by atoms with Gasteiger partial charge < -0.3 is 0 Å². The highest BCUT2D eigenvalue weighted by Gasteiger charge is 2.39. The van der Waals surface area contributed by atoms with Crippen LogP contribution in [0.3, 0.4) is 0 Å². The van der Waals surface area contributed by atoms with E-state index in [2.05, 4.69) is 5.29 Å². The van der Waals surface area contributed by atoms with Gasteiger partial charge in [0, 0.05) is 0 Å². The Balaban J connectivity index is 2.47. The predicted octanol–water partition coefficient (Wildman–Crippen LogP) is 0.128. The molecule has 1 aliphatic heterocycles. The monoisotopic (exact) mass is 87.1 g/mol. The van der Waals surface area contributed by atoms with Gasteiger partial charge in [-0.3, -0.25) is 0 Å². The highest BCUT2D eigenvalue weighted by atomic mass is 16.3. The van der Waals surface area contributed by atoms with Crippen molar-refractivity contribution in [3.05, 3.63) is 4.91 Å². The van der Waals surface area contributed by atoms with Crippen molar-refractivity contribution in [2.45, 2.75) is 0 Å². The molecule has 0 spiro atoms. The highest BCUT2D eigenvalue weighted by Crippen LogP contribution is 2.15. The standard InChI is InChI=1S/C3H7N2O/c1-5(4-6)2-3-5/h2-3H2,1H3/q+1. The van der Waals surface area contributed by atoms with Crippen LogP contribution in [-0.4, -0.2) is 24.7 Å². The molecule has 1 rings (SSSR count). The molecule has 0 aliphatic carbocycles. The molecule has 1 heterocycles. The first-order valence-electron chi connectivity index (χ1n) is 1.96. The van der Waals surface area contributed by atoms with Gasteiger partial charge in [0.15, 0.2) is 18.4 Å². The summed E-state index contributed by atoms with van der Waals surface area (Å²) in [6, 6.07) is 0. The smallest absolute Gasteiger partial charge is 0.153 e. The molecule has 1 saturated heterocycles. The zero-order valence-electron chi connectivity index (χ0n) is 3.72. The zero-order chi connectivity index (χ0) is 4.62. The van der Waals surface area contributed by atoms with Gasteiger partial charge in [-0.25, -0.2) is 0 Å². The Morgan fingerprint density at radius 2 is 2.17 bits per heavy atom. The molecule has 0 amide bonds. The molecule has 0 atom stereocenters. The summed E-state index contributed by atoms with van der Waals surface area (Å²) < 4.78 is 0.389. The zero-order valence-corrected chi connectivity index (χ0v) is 3.72. The van der Waals surface area contributed by atoms with Crippen molar-refractivity contribution in [2.24, 2.45) is 5.29 Å². The Labute approximate surface area is 36.1 Å². The quantitative estimate of drug-likeness (QED) is 0.254. The van der Waals surface area contributed by atoms with Crippen molar-refractivity contribution in [1.82, 2.24) is 0 Å². The Bertz CT molecular complexity index is 76.9. The molecule has 3 nitrogen and oxygen atoms in total. The van der Waals surface area contributed by atoms with E-state index >= 15 is 0 Å². The lowest BCUT2D eigenvalue weighted by atomic mass is 11.0. The second-order valence-corrected chi connectivity index (χ2v) is 1.87. The molecule has 0 radical (unpaired) electrons. The molecule has 1 aliphatic rings. The van der Waals surface area contributed by atoms with E-state index in [1.807, 2.05) is 7.05 Å². The summed E-state index contributed by atoms with van der Waals surface area (Å²) in [5.41, 5.74) is 0. The fraction of sp³-hybridized carbons (Fsp3) is 1.00. The molecule has 0 bridgehead atoms. The fourth-order valence-electron chi connectivity index (χ4n) is 0.226. The average Bonchev–Trinajstić information content (AvgIpc) is 2.22. The summed E-state index contributed by atoms with van der Waals surface area (Å²) >= 11 is 0. The van der Waals surface area contributed by atoms with Crippen molar-refractivity contribution >= 4 is 0 Å². The normalized spacial score (nSPS) is 26.2. The number of rotatable bonds is 1. The van der Waals surface area contributed by atoms with Crippen molar-refractivity contribution in [2.75, 3.05) is 20.1 Å². The molecule has 0 saturated carbocycles. The number of nitroso groups, excluding NO2 is 1. The van der Waals surface area contributed by atoms with Gasteiger partial charge in [-0.2, -0.15) is 4.59 Å². The summed E-state index contributed by atoms with van der Waals surface area (Å²) in [5, 5.41) is 2.82. The Morgan fingerprint density at radius 1 is 1.67 bits per heavy atom.